The predicted octanol–water partition coefficient (Wildman–Crippen LogP) is 3.78. The van der Waals surface area contributed by atoms with Crippen LogP contribution in [0.4, 0.5) is 4.39 Å². The maximum absolute atomic E-state index is 13.5. The predicted molar refractivity (Wildman–Crippen MR) is 86.5 cm³/mol. The van der Waals surface area contributed by atoms with Gasteiger partial charge in [-0.05, 0) is 54.4 Å². The highest BCUT2D eigenvalue weighted by molar-refractivity contribution is 6.32. The molecule has 0 bridgehead atoms. The van der Waals surface area contributed by atoms with E-state index >= 15 is 0 Å². The molecule has 0 aliphatic carbocycles. The molecule has 5 heteroatoms. The number of halogens is 2. The summed E-state index contributed by atoms with van der Waals surface area (Å²) in [4.78, 5) is 0. The molecule has 0 aliphatic heterocycles. The van der Waals surface area contributed by atoms with Gasteiger partial charge in [0.2, 0.25) is 0 Å². The zero-order chi connectivity index (χ0) is 16.1. The Labute approximate surface area is 134 Å². The molecule has 2 rings (SSSR count). The molecule has 0 radical (unpaired) electrons. The highest BCUT2D eigenvalue weighted by Gasteiger charge is 2.16. The van der Waals surface area contributed by atoms with Gasteiger partial charge in [-0.1, -0.05) is 17.7 Å². The summed E-state index contributed by atoms with van der Waals surface area (Å²) in [5.74, 6) is 0.988. The van der Waals surface area contributed by atoms with Gasteiger partial charge < -0.3 is 15.2 Å². The van der Waals surface area contributed by atoms with Crippen molar-refractivity contribution in [3.05, 3.63) is 58.4 Å². The van der Waals surface area contributed by atoms with E-state index in [1.165, 1.54) is 12.1 Å². The molecule has 2 aromatic carbocycles. The van der Waals surface area contributed by atoms with Gasteiger partial charge in [-0.2, -0.15) is 0 Å². The van der Waals surface area contributed by atoms with E-state index in [1.54, 1.807) is 20.3 Å². The molecule has 3 nitrogen and oxygen atoms in total. The Morgan fingerprint density at radius 2 is 1.77 bits per heavy atom. The summed E-state index contributed by atoms with van der Waals surface area (Å²) < 4.78 is 23.9. The number of hydrogen-bond acceptors (Lipinski definition) is 3. The van der Waals surface area contributed by atoms with Crippen LogP contribution >= 0.6 is 11.6 Å². The lowest BCUT2D eigenvalue weighted by atomic mass is 9.91. The van der Waals surface area contributed by atoms with Gasteiger partial charge in [-0.15, -0.1) is 0 Å². The molecule has 2 aromatic rings. The third-order valence-electron chi connectivity index (χ3n) is 3.64. The molecule has 0 fully saturated rings. The number of hydrogen-bond donors (Lipinski definition) is 1. The molecule has 2 N–H and O–H groups in total. The number of rotatable bonds is 6. The molecule has 118 valence electrons. The van der Waals surface area contributed by atoms with Crippen molar-refractivity contribution in [3.8, 4) is 11.5 Å². The van der Waals surface area contributed by atoms with E-state index in [-0.39, 0.29) is 11.7 Å². The maximum Gasteiger partial charge on any atom is 0.137 e. The first-order valence-electron chi connectivity index (χ1n) is 6.95. The fraction of sp³-hybridized carbons (Fsp3) is 0.294. The van der Waals surface area contributed by atoms with Gasteiger partial charge in [0.1, 0.15) is 17.3 Å². The molecule has 0 spiro atoms. The zero-order valence-electron chi connectivity index (χ0n) is 12.6. The zero-order valence-corrected chi connectivity index (χ0v) is 13.4. The average molecular weight is 324 g/mol. The van der Waals surface area contributed by atoms with Crippen LogP contribution in [0.15, 0.2) is 36.4 Å². The minimum atomic E-state index is -0.292. The molecule has 22 heavy (non-hydrogen) atoms. The third kappa shape index (κ3) is 3.70. The van der Waals surface area contributed by atoms with Crippen LogP contribution in [0.3, 0.4) is 0 Å². The third-order valence-corrected chi connectivity index (χ3v) is 3.94. The van der Waals surface area contributed by atoms with Gasteiger partial charge in [0.05, 0.1) is 19.2 Å². The second-order valence-corrected chi connectivity index (χ2v) is 5.39. The first-order valence-corrected chi connectivity index (χ1v) is 7.32. The summed E-state index contributed by atoms with van der Waals surface area (Å²) in [6.45, 7) is 0.419. The van der Waals surface area contributed by atoms with E-state index in [1.807, 2.05) is 18.2 Å². The Morgan fingerprint density at radius 3 is 2.36 bits per heavy atom. The fourth-order valence-electron chi connectivity index (χ4n) is 2.45. The highest BCUT2D eigenvalue weighted by Crippen LogP contribution is 2.31. The highest BCUT2D eigenvalue weighted by atomic mass is 35.5. The lowest BCUT2D eigenvalue weighted by Gasteiger charge is -2.18. The van der Waals surface area contributed by atoms with Crippen LogP contribution in [0.25, 0.3) is 0 Å². The molecule has 0 heterocycles. The topological polar surface area (TPSA) is 44.5 Å². The van der Waals surface area contributed by atoms with Gasteiger partial charge in [0.15, 0.2) is 0 Å². The van der Waals surface area contributed by atoms with Crippen molar-refractivity contribution in [3.63, 3.8) is 0 Å². The first kappa shape index (κ1) is 16.6. The van der Waals surface area contributed by atoms with Gasteiger partial charge >= 0.3 is 0 Å². The van der Waals surface area contributed by atoms with E-state index in [4.69, 9.17) is 26.8 Å². The van der Waals surface area contributed by atoms with Crippen molar-refractivity contribution in [1.29, 1.82) is 0 Å². The molecule has 0 saturated heterocycles. The van der Waals surface area contributed by atoms with Crippen LogP contribution in [-0.2, 0) is 6.42 Å². The summed E-state index contributed by atoms with van der Waals surface area (Å²) in [6, 6.07) is 10.1. The van der Waals surface area contributed by atoms with E-state index in [0.29, 0.717) is 29.5 Å². The van der Waals surface area contributed by atoms with E-state index in [9.17, 15) is 4.39 Å². The van der Waals surface area contributed by atoms with Gasteiger partial charge in [0.25, 0.3) is 0 Å². The molecular formula is C17H19ClFNO2. The van der Waals surface area contributed by atoms with Crippen LogP contribution in [-0.4, -0.2) is 20.8 Å². The van der Waals surface area contributed by atoms with Crippen LogP contribution in [0, 0.1) is 5.82 Å². The molecule has 1 unspecified atom stereocenters. The quantitative estimate of drug-likeness (QED) is 0.880. The molecule has 0 amide bonds. The van der Waals surface area contributed by atoms with Gasteiger partial charge in [0, 0.05) is 5.92 Å². The van der Waals surface area contributed by atoms with Crippen LogP contribution < -0.4 is 15.2 Å². The number of nitrogens with two attached hydrogens (primary N) is 1. The van der Waals surface area contributed by atoms with Crippen molar-refractivity contribution < 1.29 is 13.9 Å². The van der Waals surface area contributed by atoms with Gasteiger partial charge in [-0.25, -0.2) is 4.39 Å². The SMILES string of the molecule is COc1ccc(C(CN)Cc2cc(F)ccc2OC)cc1Cl. The molecule has 0 aliphatic rings. The summed E-state index contributed by atoms with van der Waals surface area (Å²) in [7, 11) is 3.14. The van der Waals surface area contributed by atoms with E-state index in [0.717, 1.165) is 11.1 Å². The number of ether oxygens (including phenoxy) is 2. The molecule has 1 atom stereocenters. The summed E-state index contributed by atoms with van der Waals surface area (Å²) in [5, 5.41) is 0.532. The Balaban J connectivity index is 2.29. The number of benzene rings is 2. The standard InChI is InChI=1S/C17H19ClFNO2/c1-21-16-6-4-14(19)8-12(16)7-13(10-20)11-3-5-17(22-2)15(18)9-11/h3-6,8-9,13H,7,10,20H2,1-2H3. The van der Waals surface area contributed by atoms with E-state index in [2.05, 4.69) is 0 Å². The summed E-state index contributed by atoms with van der Waals surface area (Å²) in [5.41, 5.74) is 7.66. The first-order chi connectivity index (χ1) is 10.6. The Morgan fingerprint density at radius 1 is 1.09 bits per heavy atom. The smallest absolute Gasteiger partial charge is 0.137 e. The minimum Gasteiger partial charge on any atom is -0.496 e. The van der Waals surface area contributed by atoms with Crippen LogP contribution in [0.2, 0.25) is 5.02 Å². The van der Waals surface area contributed by atoms with Crippen molar-refractivity contribution in [2.24, 2.45) is 5.73 Å². The number of methoxy groups -OCH3 is 2. The van der Waals surface area contributed by atoms with E-state index < -0.39 is 0 Å². The second-order valence-electron chi connectivity index (χ2n) is 4.99. The van der Waals surface area contributed by atoms with Crippen LogP contribution in [0.1, 0.15) is 17.0 Å². The van der Waals surface area contributed by atoms with Gasteiger partial charge in [-0.3, -0.25) is 0 Å². The largest absolute Gasteiger partial charge is 0.496 e. The Hall–Kier alpha value is -1.78. The van der Waals surface area contributed by atoms with Crippen molar-refractivity contribution in [2.45, 2.75) is 12.3 Å². The lowest BCUT2D eigenvalue weighted by molar-refractivity contribution is 0.406. The monoisotopic (exact) mass is 323 g/mol. The molecular weight excluding hydrogens is 305 g/mol. The normalized spacial score (nSPS) is 12.0. The molecule has 0 saturated carbocycles. The van der Waals surface area contributed by atoms with Crippen LogP contribution in [0.5, 0.6) is 11.5 Å². The summed E-state index contributed by atoms with van der Waals surface area (Å²) in [6.07, 6.45) is 0.570. The average Bonchev–Trinajstić information content (AvgIpc) is 2.52. The lowest BCUT2D eigenvalue weighted by Crippen LogP contribution is -2.15. The fourth-order valence-corrected chi connectivity index (χ4v) is 2.71. The Bertz CT molecular complexity index is 649. The molecule has 0 aromatic heterocycles. The Kier molecular flexibility index (Phi) is 5.63. The summed E-state index contributed by atoms with van der Waals surface area (Å²) >= 11 is 6.17. The van der Waals surface area contributed by atoms with Crippen molar-refractivity contribution >= 4 is 11.6 Å². The maximum atomic E-state index is 13.5. The van der Waals surface area contributed by atoms with Crippen molar-refractivity contribution in [1.82, 2.24) is 0 Å². The minimum absolute atomic E-state index is 0.0131. The van der Waals surface area contributed by atoms with Crippen molar-refractivity contribution in [2.75, 3.05) is 20.8 Å². The second kappa shape index (κ2) is 7.47.